The number of halogens is 2. The maximum absolute atomic E-state index is 15.5. The van der Waals surface area contributed by atoms with E-state index in [2.05, 4.69) is 21.5 Å². The van der Waals surface area contributed by atoms with Gasteiger partial charge in [0, 0.05) is 35.9 Å². The molecule has 0 radical (unpaired) electrons. The van der Waals surface area contributed by atoms with E-state index in [1.165, 1.54) is 18.3 Å². The first kappa shape index (κ1) is 27.9. The van der Waals surface area contributed by atoms with Gasteiger partial charge in [-0.15, -0.1) is 0 Å². The molecule has 0 aliphatic heterocycles. The van der Waals surface area contributed by atoms with Gasteiger partial charge in [0.1, 0.15) is 24.1 Å². The van der Waals surface area contributed by atoms with E-state index >= 15 is 4.39 Å². The molecule has 2 aromatic heterocycles. The van der Waals surface area contributed by atoms with Crippen LogP contribution in [-0.2, 0) is 19.6 Å². The molecule has 2 N–H and O–H groups in total. The molecule has 216 valence electrons. The van der Waals surface area contributed by atoms with Crippen LogP contribution in [0.4, 0.5) is 8.78 Å². The summed E-state index contributed by atoms with van der Waals surface area (Å²) in [5, 5.41) is 19.5. The standard InChI is InChI=1S/C33H32F2N4O3/c1-3-33(11-12-33)19-39-29-16-23(31(40)41)8-9-28(29)37-30(39)17-21-6-7-22(15-26(21)35)27-10-13-36-32(38-27)42-18-24-5-4-20(2)14-25(24)34/h4-10,13-16,31,40-41H,3,11-12,17-19H2,1-2H3. The molecule has 0 saturated heterocycles. The predicted molar refractivity (Wildman–Crippen MR) is 155 cm³/mol. The lowest BCUT2D eigenvalue weighted by Gasteiger charge is -2.17. The number of aliphatic hydroxyl groups excluding tert-OH is 1. The average Bonchev–Trinajstić information content (AvgIpc) is 3.68. The van der Waals surface area contributed by atoms with Crippen LogP contribution >= 0.6 is 0 Å². The number of hydrogen-bond acceptors (Lipinski definition) is 6. The smallest absolute Gasteiger partial charge is 0.317 e. The van der Waals surface area contributed by atoms with E-state index in [-0.39, 0.29) is 30.3 Å². The van der Waals surface area contributed by atoms with Crippen molar-refractivity contribution in [2.24, 2.45) is 5.41 Å². The number of hydrogen-bond donors (Lipinski definition) is 2. The van der Waals surface area contributed by atoms with Crippen molar-refractivity contribution in [1.82, 2.24) is 19.5 Å². The molecule has 2 heterocycles. The molecule has 5 aromatic rings. The fourth-order valence-corrected chi connectivity index (χ4v) is 5.30. The zero-order valence-corrected chi connectivity index (χ0v) is 23.5. The number of imidazole rings is 1. The molecule has 1 aliphatic rings. The van der Waals surface area contributed by atoms with Crippen molar-refractivity contribution in [2.75, 3.05) is 0 Å². The molecule has 9 heteroatoms. The number of aromatic nitrogens is 4. The topological polar surface area (TPSA) is 93.3 Å². The zero-order valence-electron chi connectivity index (χ0n) is 23.5. The van der Waals surface area contributed by atoms with Crippen LogP contribution in [0.15, 0.2) is 66.9 Å². The molecule has 3 aromatic carbocycles. The van der Waals surface area contributed by atoms with Gasteiger partial charge in [0.05, 0.1) is 16.7 Å². The van der Waals surface area contributed by atoms with Gasteiger partial charge in [-0.2, -0.15) is 4.98 Å². The second-order valence-corrected chi connectivity index (χ2v) is 11.2. The SMILES string of the molecule is CCC1(Cn2c(Cc3ccc(-c4ccnc(OCc5ccc(C)cc5F)n4)cc3F)nc3ccc(C(O)O)cc32)CC1. The molecule has 0 unspecified atom stereocenters. The highest BCUT2D eigenvalue weighted by Gasteiger charge is 2.41. The maximum atomic E-state index is 15.5. The van der Waals surface area contributed by atoms with Gasteiger partial charge in [-0.25, -0.2) is 18.7 Å². The Kier molecular flexibility index (Phi) is 7.47. The van der Waals surface area contributed by atoms with E-state index in [4.69, 9.17) is 9.72 Å². The third-order valence-corrected chi connectivity index (χ3v) is 8.25. The van der Waals surface area contributed by atoms with E-state index in [9.17, 15) is 14.6 Å². The van der Waals surface area contributed by atoms with Crippen molar-refractivity contribution in [3.8, 4) is 17.3 Å². The Hall–Kier alpha value is -4.21. The first-order valence-electron chi connectivity index (χ1n) is 14.1. The molecule has 0 atom stereocenters. The molecule has 1 fully saturated rings. The first-order chi connectivity index (χ1) is 20.2. The quantitative estimate of drug-likeness (QED) is 0.188. The van der Waals surface area contributed by atoms with Crippen LogP contribution < -0.4 is 4.74 Å². The minimum Gasteiger partial charge on any atom is -0.458 e. The monoisotopic (exact) mass is 570 g/mol. The van der Waals surface area contributed by atoms with Crippen LogP contribution in [0.2, 0.25) is 0 Å². The molecule has 0 bridgehead atoms. The number of aliphatic hydroxyl groups is 2. The van der Waals surface area contributed by atoms with Crippen LogP contribution in [-0.4, -0.2) is 29.7 Å². The number of aryl methyl sites for hydroxylation is 1. The summed E-state index contributed by atoms with van der Waals surface area (Å²) in [5.74, 6) is -0.0233. The molecule has 0 amide bonds. The Morgan fingerprint density at radius 2 is 1.74 bits per heavy atom. The lowest BCUT2D eigenvalue weighted by atomic mass is 10.0. The fourth-order valence-electron chi connectivity index (χ4n) is 5.30. The largest absolute Gasteiger partial charge is 0.458 e. The predicted octanol–water partition coefficient (Wildman–Crippen LogP) is 6.42. The summed E-state index contributed by atoms with van der Waals surface area (Å²) < 4.78 is 37.4. The molecule has 0 spiro atoms. The summed E-state index contributed by atoms with van der Waals surface area (Å²) in [4.78, 5) is 13.3. The van der Waals surface area contributed by atoms with Crippen molar-refractivity contribution in [3.63, 3.8) is 0 Å². The van der Waals surface area contributed by atoms with Crippen LogP contribution in [0, 0.1) is 24.0 Å². The highest BCUT2D eigenvalue weighted by molar-refractivity contribution is 5.77. The molecule has 1 aliphatic carbocycles. The number of fused-ring (bicyclic) bond motifs is 1. The summed E-state index contributed by atoms with van der Waals surface area (Å²) in [5.41, 5.74) is 4.87. The number of ether oxygens (including phenoxy) is 1. The minimum absolute atomic E-state index is 0.0259. The van der Waals surface area contributed by atoms with E-state index in [0.29, 0.717) is 27.9 Å². The molecule has 42 heavy (non-hydrogen) atoms. The van der Waals surface area contributed by atoms with Crippen LogP contribution in [0.5, 0.6) is 6.01 Å². The van der Waals surface area contributed by atoms with Gasteiger partial charge < -0.3 is 19.5 Å². The summed E-state index contributed by atoms with van der Waals surface area (Å²) in [7, 11) is 0. The van der Waals surface area contributed by atoms with Crippen molar-refractivity contribution in [1.29, 1.82) is 0 Å². The number of benzene rings is 3. The number of rotatable bonds is 10. The van der Waals surface area contributed by atoms with Gasteiger partial charge in [0.25, 0.3) is 0 Å². The zero-order chi connectivity index (χ0) is 29.4. The molecular weight excluding hydrogens is 538 g/mol. The van der Waals surface area contributed by atoms with Crippen molar-refractivity contribution in [3.05, 3.63) is 107 Å². The lowest BCUT2D eigenvalue weighted by molar-refractivity contribution is -0.0424. The Bertz CT molecular complexity index is 1760. The second-order valence-electron chi connectivity index (χ2n) is 11.2. The average molecular weight is 571 g/mol. The highest BCUT2D eigenvalue weighted by atomic mass is 19.1. The summed E-state index contributed by atoms with van der Waals surface area (Å²) in [6.07, 6.45) is 3.50. The van der Waals surface area contributed by atoms with Gasteiger partial charge in [-0.1, -0.05) is 37.3 Å². The van der Waals surface area contributed by atoms with E-state index in [0.717, 1.165) is 48.2 Å². The normalized spacial score (nSPS) is 14.1. The Labute approximate surface area is 242 Å². The molecular formula is C33H32F2N4O3. The molecule has 6 rings (SSSR count). The van der Waals surface area contributed by atoms with Gasteiger partial charge in [0.15, 0.2) is 6.29 Å². The van der Waals surface area contributed by atoms with Gasteiger partial charge in [0.2, 0.25) is 0 Å². The van der Waals surface area contributed by atoms with Crippen molar-refractivity contribution in [2.45, 2.75) is 59.0 Å². The van der Waals surface area contributed by atoms with E-state index in [1.807, 2.05) is 13.0 Å². The Morgan fingerprint density at radius 3 is 2.45 bits per heavy atom. The number of nitrogens with zero attached hydrogens (tertiary/aromatic N) is 4. The van der Waals surface area contributed by atoms with Crippen LogP contribution in [0.1, 0.15) is 60.6 Å². The van der Waals surface area contributed by atoms with Crippen molar-refractivity contribution < 1.29 is 23.7 Å². The maximum Gasteiger partial charge on any atom is 0.317 e. The van der Waals surface area contributed by atoms with Crippen LogP contribution in [0.25, 0.3) is 22.3 Å². The van der Waals surface area contributed by atoms with E-state index in [1.54, 1.807) is 42.5 Å². The first-order valence-corrected chi connectivity index (χ1v) is 14.1. The Morgan fingerprint density at radius 1 is 0.952 bits per heavy atom. The van der Waals surface area contributed by atoms with Crippen LogP contribution in [0.3, 0.4) is 0 Å². The van der Waals surface area contributed by atoms with E-state index < -0.39 is 12.1 Å². The molecule has 1 saturated carbocycles. The van der Waals surface area contributed by atoms with Gasteiger partial charge in [-0.05, 0) is 73.1 Å². The Balaban J connectivity index is 1.25. The minimum atomic E-state index is -1.58. The van der Waals surface area contributed by atoms with Gasteiger partial charge >= 0.3 is 6.01 Å². The fraction of sp³-hybridized carbons (Fsp3) is 0.303. The summed E-state index contributed by atoms with van der Waals surface area (Å²) in [6.45, 7) is 4.71. The summed E-state index contributed by atoms with van der Waals surface area (Å²) in [6, 6.07) is 16.8. The second kappa shape index (κ2) is 11.2. The highest BCUT2D eigenvalue weighted by Crippen LogP contribution is 2.50. The molecule has 7 nitrogen and oxygen atoms in total. The summed E-state index contributed by atoms with van der Waals surface area (Å²) >= 11 is 0. The van der Waals surface area contributed by atoms with Crippen molar-refractivity contribution >= 4 is 11.0 Å². The lowest BCUT2D eigenvalue weighted by Crippen LogP contribution is -2.14. The third-order valence-electron chi connectivity index (χ3n) is 8.25. The van der Waals surface area contributed by atoms with Gasteiger partial charge in [-0.3, -0.25) is 0 Å². The third kappa shape index (κ3) is 5.75.